The predicted molar refractivity (Wildman–Crippen MR) is 101 cm³/mol. The molecular formula is C20H18FNO4S. The second kappa shape index (κ2) is 8.64. The van der Waals surface area contributed by atoms with Crippen LogP contribution in [0.25, 0.3) is 10.6 Å². The quantitative estimate of drug-likeness (QED) is 0.567. The number of hydrogen-bond acceptors (Lipinski definition) is 6. The molecule has 0 spiro atoms. The monoisotopic (exact) mass is 387 g/mol. The van der Waals surface area contributed by atoms with Crippen LogP contribution in [0.1, 0.15) is 11.3 Å². The molecule has 0 saturated heterocycles. The van der Waals surface area contributed by atoms with Gasteiger partial charge in [-0.2, -0.15) is 0 Å². The van der Waals surface area contributed by atoms with Crippen LogP contribution in [0.5, 0.6) is 11.5 Å². The van der Waals surface area contributed by atoms with Crippen molar-refractivity contribution >= 4 is 17.3 Å². The standard InChI is InChI=1S/C20H18FNO4S/c1-24-16-5-3-4-14(10-16)20-22-15(12-27-20)11-26-19(23)9-13-6-7-18(25-2)17(21)8-13/h3-8,10,12H,9,11H2,1-2H3. The van der Waals surface area contributed by atoms with E-state index in [-0.39, 0.29) is 18.8 Å². The maximum absolute atomic E-state index is 13.7. The first-order valence-electron chi connectivity index (χ1n) is 8.16. The van der Waals surface area contributed by atoms with Gasteiger partial charge in [0.2, 0.25) is 0 Å². The summed E-state index contributed by atoms with van der Waals surface area (Å²) in [4.78, 5) is 16.5. The van der Waals surface area contributed by atoms with Crippen LogP contribution in [0.4, 0.5) is 4.39 Å². The molecule has 3 rings (SSSR count). The van der Waals surface area contributed by atoms with E-state index in [0.29, 0.717) is 11.3 Å². The van der Waals surface area contributed by atoms with E-state index in [4.69, 9.17) is 14.2 Å². The Morgan fingerprint density at radius 2 is 2.00 bits per heavy atom. The highest BCUT2D eigenvalue weighted by Crippen LogP contribution is 2.27. The summed E-state index contributed by atoms with van der Waals surface area (Å²) in [5.74, 6) is -0.0669. The van der Waals surface area contributed by atoms with Crippen molar-refractivity contribution in [3.05, 3.63) is 64.9 Å². The summed E-state index contributed by atoms with van der Waals surface area (Å²) < 4.78 is 29.0. The van der Waals surface area contributed by atoms with Crippen LogP contribution in [0.2, 0.25) is 0 Å². The lowest BCUT2D eigenvalue weighted by atomic mass is 10.1. The number of carbonyl (C=O) groups is 1. The van der Waals surface area contributed by atoms with E-state index in [1.807, 2.05) is 29.6 Å². The van der Waals surface area contributed by atoms with E-state index < -0.39 is 11.8 Å². The largest absolute Gasteiger partial charge is 0.497 e. The van der Waals surface area contributed by atoms with Gasteiger partial charge in [-0.3, -0.25) is 4.79 Å². The zero-order valence-electron chi connectivity index (χ0n) is 14.9. The van der Waals surface area contributed by atoms with Gasteiger partial charge in [0.15, 0.2) is 11.6 Å². The van der Waals surface area contributed by atoms with Crippen LogP contribution in [0.15, 0.2) is 47.8 Å². The summed E-state index contributed by atoms with van der Waals surface area (Å²) >= 11 is 1.46. The van der Waals surface area contributed by atoms with Crippen molar-refractivity contribution in [3.63, 3.8) is 0 Å². The molecule has 0 amide bonds. The Morgan fingerprint density at radius 3 is 2.74 bits per heavy atom. The Kier molecular flexibility index (Phi) is 6.03. The molecule has 0 radical (unpaired) electrons. The van der Waals surface area contributed by atoms with Gasteiger partial charge in [-0.15, -0.1) is 11.3 Å². The van der Waals surface area contributed by atoms with Crippen molar-refractivity contribution in [2.24, 2.45) is 0 Å². The molecule has 3 aromatic rings. The van der Waals surface area contributed by atoms with E-state index in [9.17, 15) is 9.18 Å². The van der Waals surface area contributed by atoms with Crippen LogP contribution in [0, 0.1) is 5.82 Å². The lowest BCUT2D eigenvalue weighted by Crippen LogP contribution is -2.08. The van der Waals surface area contributed by atoms with Crippen LogP contribution in [-0.2, 0) is 22.6 Å². The van der Waals surface area contributed by atoms with Crippen molar-refractivity contribution in [3.8, 4) is 22.1 Å². The molecule has 0 saturated carbocycles. The minimum absolute atomic E-state index is 0.0200. The molecule has 0 aliphatic heterocycles. The third kappa shape index (κ3) is 4.83. The lowest BCUT2D eigenvalue weighted by Gasteiger charge is -2.06. The fourth-order valence-electron chi connectivity index (χ4n) is 2.45. The van der Waals surface area contributed by atoms with Gasteiger partial charge in [0.25, 0.3) is 0 Å². The van der Waals surface area contributed by atoms with E-state index in [1.165, 1.54) is 30.6 Å². The van der Waals surface area contributed by atoms with E-state index >= 15 is 0 Å². The highest BCUT2D eigenvalue weighted by molar-refractivity contribution is 7.13. The van der Waals surface area contributed by atoms with Crippen LogP contribution < -0.4 is 9.47 Å². The molecule has 27 heavy (non-hydrogen) atoms. The number of benzene rings is 2. The zero-order valence-corrected chi connectivity index (χ0v) is 15.7. The molecule has 2 aromatic carbocycles. The fraction of sp³-hybridized carbons (Fsp3) is 0.200. The second-order valence-electron chi connectivity index (χ2n) is 5.68. The van der Waals surface area contributed by atoms with Crippen LogP contribution in [-0.4, -0.2) is 25.2 Å². The fourth-order valence-corrected chi connectivity index (χ4v) is 3.26. The molecule has 0 bridgehead atoms. The van der Waals surface area contributed by atoms with Crippen LogP contribution in [0.3, 0.4) is 0 Å². The topological polar surface area (TPSA) is 57.7 Å². The highest BCUT2D eigenvalue weighted by Gasteiger charge is 2.11. The summed E-state index contributed by atoms with van der Waals surface area (Å²) in [6.07, 6.45) is -0.0200. The number of nitrogens with zero attached hydrogens (tertiary/aromatic N) is 1. The molecule has 1 heterocycles. The van der Waals surface area contributed by atoms with Crippen molar-refractivity contribution < 1.29 is 23.4 Å². The highest BCUT2D eigenvalue weighted by atomic mass is 32.1. The minimum Gasteiger partial charge on any atom is -0.497 e. The normalized spacial score (nSPS) is 10.5. The van der Waals surface area contributed by atoms with Gasteiger partial charge >= 0.3 is 5.97 Å². The molecule has 0 fully saturated rings. The van der Waals surface area contributed by atoms with Crippen LogP contribution >= 0.6 is 11.3 Å². The number of hydrogen-bond donors (Lipinski definition) is 0. The molecule has 0 atom stereocenters. The molecule has 0 aliphatic carbocycles. The van der Waals surface area contributed by atoms with Gasteiger partial charge in [0.1, 0.15) is 17.4 Å². The number of methoxy groups -OCH3 is 2. The van der Waals surface area contributed by atoms with Gasteiger partial charge < -0.3 is 14.2 Å². The first kappa shape index (κ1) is 18.8. The van der Waals surface area contributed by atoms with Gasteiger partial charge in [-0.1, -0.05) is 18.2 Å². The Labute approximate surface area is 160 Å². The Balaban J connectivity index is 1.58. The molecule has 0 aliphatic rings. The van der Waals surface area contributed by atoms with E-state index in [0.717, 1.165) is 16.3 Å². The molecule has 1 aromatic heterocycles. The first-order valence-corrected chi connectivity index (χ1v) is 9.04. The second-order valence-corrected chi connectivity index (χ2v) is 6.54. The van der Waals surface area contributed by atoms with Crippen molar-refractivity contribution in [2.45, 2.75) is 13.0 Å². The maximum atomic E-state index is 13.7. The van der Waals surface area contributed by atoms with Crippen molar-refractivity contribution in [2.75, 3.05) is 14.2 Å². The number of esters is 1. The average Bonchev–Trinajstić information content (AvgIpc) is 3.16. The van der Waals surface area contributed by atoms with E-state index in [1.54, 1.807) is 13.2 Å². The minimum atomic E-state index is -0.509. The smallest absolute Gasteiger partial charge is 0.310 e. The molecule has 140 valence electrons. The Bertz CT molecular complexity index is 941. The van der Waals surface area contributed by atoms with Gasteiger partial charge in [-0.25, -0.2) is 9.37 Å². The number of ether oxygens (including phenoxy) is 3. The number of thiazole rings is 1. The predicted octanol–water partition coefficient (Wildman–Crippen LogP) is 4.25. The molecular weight excluding hydrogens is 369 g/mol. The maximum Gasteiger partial charge on any atom is 0.310 e. The van der Waals surface area contributed by atoms with Gasteiger partial charge in [0.05, 0.1) is 26.3 Å². The van der Waals surface area contributed by atoms with Crippen molar-refractivity contribution in [1.29, 1.82) is 0 Å². The van der Waals surface area contributed by atoms with Gasteiger partial charge in [-0.05, 0) is 29.8 Å². The lowest BCUT2D eigenvalue weighted by molar-refractivity contribution is -0.144. The molecule has 0 N–H and O–H groups in total. The summed E-state index contributed by atoms with van der Waals surface area (Å²) in [6.45, 7) is 0.0674. The Hall–Kier alpha value is -2.93. The molecule has 5 nitrogen and oxygen atoms in total. The zero-order chi connectivity index (χ0) is 19.2. The summed E-state index contributed by atoms with van der Waals surface area (Å²) in [5, 5.41) is 2.66. The van der Waals surface area contributed by atoms with E-state index in [2.05, 4.69) is 4.98 Å². The number of carbonyl (C=O) groups excluding carboxylic acids is 1. The first-order chi connectivity index (χ1) is 13.1. The average molecular weight is 387 g/mol. The summed E-state index contributed by atoms with van der Waals surface area (Å²) in [5.41, 5.74) is 2.12. The molecule has 0 unspecified atom stereocenters. The number of halogens is 1. The number of aromatic nitrogens is 1. The SMILES string of the molecule is COc1cccc(-c2nc(COC(=O)Cc3ccc(OC)c(F)c3)cs2)c1. The van der Waals surface area contributed by atoms with Crippen molar-refractivity contribution in [1.82, 2.24) is 4.98 Å². The Morgan fingerprint density at radius 1 is 1.15 bits per heavy atom. The van der Waals surface area contributed by atoms with Gasteiger partial charge in [0, 0.05) is 10.9 Å². The third-order valence-electron chi connectivity index (χ3n) is 3.81. The molecule has 7 heteroatoms. The summed E-state index contributed by atoms with van der Waals surface area (Å²) in [6, 6.07) is 12.0. The third-order valence-corrected chi connectivity index (χ3v) is 4.75. The summed E-state index contributed by atoms with van der Waals surface area (Å²) in [7, 11) is 3.00. The number of rotatable bonds is 7.